The van der Waals surface area contributed by atoms with Crippen LogP contribution in [0.25, 0.3) is 21.9 Å². The number of fused-ring (bicyclic) bond motifs is 3. The number of hydrogen-bond acceptors (Lipinski definition) is 1. The van der Waals surface area contributed by atoms with Gasteiger partial charge in [0.15, 0.2) is 5.58 Å². The van der Waals surface area contributed by atoms with E-state index in [4.69, 9.17) is 10.8 Å². The number of para-hydroxylation sites is 2. The zero-order chi connectivity index (χ0) is 13.1. The highest BCUT2D eigenvalue weighted by Crippen LogP contribution is 2.30. The second-order valence-corrected chi connectivity index (χ2v) is 3.92. The maximum atomic E-state index is 5.85. The van der Waals surface area contributed by atoms with Gasteiger partial charge >= 0.3 is 0 Å². The van der Waals surface area contributed by atoms with Crippen molar-refractivity contribution < 1.29 is 4.42 Å². The van der Waals surface area contributed by atoms with Gasteiger partial charge in [-0.2, -0.15) is 0 Å². The van der Waals surface area contributed by atoms with Crippen LogP contribution in [0.5, 0.6) is 0 Å². The predicted molar refractivity (Wildman–Crippen MR) is 77.2 cm³/mol. The minimum atomic E-state index is 0.790. The Bertz CT molecular complexity index is 928. The fraction of sp³-hybridized carbons (Fsp3) is 0. The molecule has 2 aromatic carbocycles. The lowest BCUT2D eigenvalue weighted by Gasteiger charge is -1.91. The zero-order valence-corrected chi connectivity index (χ0v) is 10.0. The Labute approximate surface area is 111 Å². The molecule has 0 saturated carbocycles. The van der Waals surface area contributed by atoms with Gasteiger partial charge in [0.2, 0.25) is 0 Å². The van der Waals surface area contributed by atoms with Crippen molar-refractivity contribution in [1.82, 2.24) is 0 Å². The normalized spacial score (nSPS) is 9.21. The van der Waals surface area contributed by atoms with Gasteiger partial charge in [-0.05, 0) is 41.7 Å². The van der Waals surface area contributed by atoms with Gasteiger partial charge in [-0.3, -0.25) is 0 Å². The Morgan fingerprint density at radius 3 is 2.58 bits per heavy atom. The molecule has 0 bridgehead atoms. The average Bonchev–Trinajstić information content (AvgIpc) is 2.83. The van der Waals surface area contributed by atoms with Crippen molar-refractivity contribution in [3.8, 4) is 36.0 Å². The molecule has 0 aliphatic carbocycles. The summed E-state index contributed by atoms with van der Waals surface area (Å²) in [5.74, 6) is 13.0. The molecule has 1 nitrogen and oxygen atoms in total. The molecule has 3 rings (SSSR count). The summed E-state index contributed by atoms with van der Waals surface area (Å²) in [4.78, 5) is 0. The summed E-state index contributed by atoms with van der Waals surface area (Å²) in [6.45, 7) is 0. The van der Waals surface area contributed by atoms with Crippen molar-refractivity contribution in [1.29, 1.82) is 0 Å². The summed E-state index contributed by atoms with van der Waals surface area (Å²) < 4.78 is 5.85. The lowest BCUT2D eigenvalue weighted by molar-refractivity contribution is 0.668. The fourth-order valence-electron chi connectivity index (χ4n) is 2.01. The van der Waals surface area contributed by atoms with Crippen LogP contribution in [0.4, 0.5) is 0 Å². The van der Waals surface area contributed by atoms with E-state index < -0.39 is 0 Å². The van der Waals surface area contributed by atoms with Crippen molar-refractivity contribution in [2.45, 2.75) is 0 Å². The maximum Gasteiger partial charge on any atom is 0.151 e. The molecule has 0 saturated heterocycles. The largest absolute Gasteiger partial charge is 0.455 e. The molecular formula is C18H8O. The maximum absolute atomic E-state index is 5.85. The molecule has 1 aromatic heterocycles. The van der Waals surface area contributed by atoms with Gasteiger partial charge in [-0.25, -0.2) is 0 Å². The first-order valence-electron chi connectivity index (χ1n) is 5.77. The number of benzene rings is 2. The van der Waals surface area contributed by atoms with Gasteiger partial charge in [0, 0.05) is 10.8 Å². The van der Waals surface area contributed by atoms with Gasteiger partial charge in [-0.1, -0.05) is 30.3 Å². The summed E-state index contributed by atoms with van der Waals surface area (Å²) >= 11 is 0. The lowest BCUT2D eigenvalue weighted by atomic mass is 10.1. The summed E-state index contributed by atoms with van der Waals surface area (Å²) in [6.07, 6.45) is 5.04. The molecule has 0 atom stereocenters. The van der Waals surface area contributed by atoms with Crippen LogP contribution in [0.15, 0.2) is 46.9 Å². The number of terminal acetylenes is 1. The quantitative estimate of drug-likeness (QED) is 0.547. The zero-order valence-electron chi connectivity index (χ0n) is 10.0. The molecule has 1 heteroatoms. The molecule has 0 aliphatic heterocycles. The van der Waals surface area contributed by atoms with E-state index in [0.29, 0.717) is 0 Å². The molecule has 3 aromatic rings. The smallest absolute Gasteiger partial charge is 0.151 e. The van der Waals surface area contributed by atoms with Crippen LogP contribution in [0, 0.1) is 36.0 Å². The van der Waals surface area contributed by atoms with Crippen LogP contribution in [-0.2, 0) is 0 Å². The Balaban J connectivity index is 2.26. The average molecular weight is 240 g/mol. The van der Waals surface area contributed by atoms with Crippen molar-refractivity contribution >= 4 is 21.9 Å². The lowest BCUT2D eigenvalue weighted by Crippen LogP contribution is -1.74. The van der Waals surface area contributed by atoms with Crippen LogP contribution < -0.4 is 0 Å². The standard InChI is InChI=1S/C18H8O/c1-2-3-4-5-9-14-10-8-12-16-15-11-6-7-13-17(15)19-18(14)16/h1,6-8,10-13H. The highest BCUT2D eigenvalue weighted by atomic mass is 16.3. The molecular weight excluding hydrogens is 232 g/mol. The fourth-order valence-corrected chi connectivity index (χ4v) is 2.01. The Kier molecular flexibility index (Phi) is 2.70. The van der Waals surface area contributed by atoms with Gasteiger partial charge in [-0.15, -0.1) is 6.42 Å². The van der Waals surface area contributed by atoms with E-state index in [9.17, 15) is 0 Å². The van der Waals surface area contributed by atoms with Crippen LogP contribution >= 0.6 is 0 Å². The summed E-state index contributed by atoms with van der Waals surface area (Å²) in [7, 11) is 0. The van der Waals surface area contributed by atoms with Crippen molar-refractivity contribution in [3.63, 3.8) is 0 Å². The predicted octanol–water partition coefficient (Wildman–Crippen LogP) is 3.57. The highest BCUT2D eigenvalue weighted by molar-refractivity contribution is 6.06. The molecule has 1 heterocycles. The molecule has 0 amide bonds. The van der Waals surface area contributed by atoms with Crippen LogP contribution in [0.2, 0.25) is 0 Å². The molecule has 0 fully saturated rings. The Morgan fingerprint density at radius 2 is 1.68 bits per heavy atom. The van der Waals surface area contributed by atoms with Crippen LogP contribution in [0.3, 0.4) is 0 Å². The van der Waals surface area contributed by atoms with Crippen LogP contribution in [-0.4, -0.2) is 0 Å². The van der Waals surface area contributed by atoms with Crippen LogP contribution in [0.1, 0.15) is 5.56 Å². The van der Waals surface area contributed by atoms with Gasteiger partial charge in [0.25, 0.3) is 0 Å². The SMILES string of the molecule is C#CC#CC#Cc1cccc2c1oc1ccccc12. The Morgan fingerprint density at radius 1 is 0.842 bits per heavy atom. The molecule has 86 valence electrons. The van der Waals surface area contributed by atoms with Gasteiger partial charge in [0.1, 0.15) is 5.58 Å². The molecule has 0 aliphatic rings. The van der Waals surface area contributed by atoms with Crippen molar-refractivity contribution in [2.75, 3.05) is 0 Å². The van der Waals surface area contributed by atoms with E-state index >= 15 is 0 Å². The van der Waals surface area contributed by atoms with E-state index in [2.05, 4.69) is 29.6 Å². The second-order valence-electron chi connectivity index (χ2n) is 3.92. The molecule has 0 N–H and O–H groups in total. The third-order valence-electron chi connectivity index (χ3n) is 2.80. The highest BCUT2D eigenvalue weighted by Gasteiger charge is 2.08. The summed E-state index contributed by atoms with van der Waals surface area (Å²) in [5.41, 5.74) is 2.47. The van der Waals surface area contributed by atoms with E-state index in [1.54, 1.807) is 0 Å². The van der Waals surface area contributed by atoms with E-state index in [-0.39, 0.29) is 0 Å². The first-order valence-corrected chi connectivity index (χ1v) is 5.77. The first-order chi connectivity index (χ1) is 9.40. The molecule has 19 heavy (non-hydrogen) atoms. The van der Waals surface area contributed by atoms with E-state index in [0.717, 1.165) is 27.5 Å². The minimum absolute atomic E-state index is 0.790. The molecule has 0 spiro atoms. The second kappa shape index (κ2) is 4.66. The first kappa shape index (κ1) is 11.0. The monoisotopic (exact) mass is 240 g/mol. The molecule has 0 unspecified atom stereocenters. The van der Waals surface area contributed by atoms with E-state index in [1.165, 1.54) is 0 Å². The third-order valence-corrected chi connectivity index (χ3v) is 2.80. The van der Waals surface area contributed by atoms with Gasteiger partial charge < -0.3 is 4.42 Å². The number of rotatable bonds is 0. The van der Waals surface area contributed by atoms with E-state index in [1.807, 2.05) is 42.5 Å². The summed E-state index contributed by atoms with van der Waals surface area (Å²) in [5, 5.41) is 2.16. The summed E-state index contributed by atoms with van der Waals surface area (Å²) in [6, 6.07) is 13.8. The van der Waals surface area contributed by atoms with Crippen molar-refractivity contribution in [3.05, 3.63) is 48.0 Å². The number of hydrogen-bond donors (Lipinski definition) is 0. The third kappa shape index (κ3) is 1.93. The van der Waals surface area contributed by atoms with Gasteiger partial charge in [0.05, 0.1) is 5.56 Å². The van der Waals surface area contributed by atoms with Crippen molar-refractivity contribution in [2.24, 2.45) is 0 Å². The number of furan rings is 1. The molecule has 0 radical (unpaired) electrons. The Hall–Kier alpha value is -3.08. The topological polar surface area (TPSA) is 13.1 Å². The minimum Gasteiger partial charge on any atom is -0.455 e.